The Balaban J connectivity index is 1.67. The molecule has 3 aromatic rings. The molecule has 0 fully saturated rings. The summed E-state index contributed by atoms with van der Waals surface area (Å²) < 4.78 is 5.19. The second kappa shape index (κ2) is 8.05. The minimum absolute atomic E-state index is 0.131. The molecule has 2 amide bonds. The summed E-state index contributed by atoms with van der Waals surface area (Å²) in [6.45, 7) is 1.74. The fourth-order valence-electron chi connectivity index (χ4n) is 2.63. The number of pyridine rings is 1. The molecular formula is C20H18ClN3O3. The highest BCUT2D eigenvalue weighted by Crippen LogP contribution is 2.21. The van der Waals surface area contributed by atoms with Crippen LogP contribution in [0.25, 0.3) is 10.9 Å². The Kier molecular flexibility index (Phi) is 5.57. The fourth-order valence-corrected chi connectivity index (χ4v) is 2.75. The van der Waals surface area contributed by atoms with Gasteiger partial charge in [0.25, 0.3) is 5.91 Å². The maximum atomic E-state index is 12.4. The minimum atomic E-state index is -0.429. The molecule has 0 saturated carbocycles. The summed E-state index contributed by atoms with van der Waals surface area (Å²) in [5.74, 6) is -0.0648. The molecule has 1 aromatic heterocycles. The molecule has 7 heteroatoms. The molecule has 3 rings (SSSR count). The topological polar surface area (TPSA) is 80.3 Å². The van der Waals surface area contributed by atoms with Gasteiger partial charge in [-0.2, -0.15) is 0 Å². The molecule has 2 N–H and O–H groups in total. The molecule has 2 aromatic carbocycles. The van der Waals surface area contributed by atoms with Gasteiger partial charge in [-0.1, -0.05) is 23.7 Å². The van der Waals surface area contributed by atoms with E-state index in [1.54, 1.807) is 56.5 Å². The van der Waals surface area contributed by atoms with Crippen LogP contribution in [0.4, 0.5) is 0 Å². The highest BCUT2D eigenvalue weighted by molar-refractivity contribution is 6.30. The summed E-state index contributed by atoms with van der Waals surface area (Å²) in [6.07, 6.45) is 0.131. The Morgan fingerprint density at radius 2 is 1.81 bits per heavy atom. The molecule has 0 aliphatic rings. The zero-order valence-electron chi connectivity index (χ0n) is 14.9. The first-order valence-electron chi connectivity index (χ1n) is 8.25. The Morgan fingerprint density at radius 3 is 2.52 bits per heavy atom. The van der Waals surface area contributed by atoms with Gasteiger partial charge in [0, 0.05) is 16.5 Å². The second-order valence-electron chi connectivity index (χ2n) is 5.99. The fraction of sp³-hybridized carbons (Fsp3) is 0.150. The number of benzene rings is 2. The van der Waals surface area contributed by atoms with Crippen molar-refractivity contribution in [1.29, 1.82) is 0 Å². The lowest BCUT2D eigenvalue weighted by atomic mass is 10.1. The maximum absolute atomic E-state index is 12.4. The highest BCUT2D eigenvalue weighted by atomic mass is 35.5. The van der Waals surface area contributed by atoms with E-state index >= 15 is 0 Å². The average Bonchev–Trinajstić information content (AvgIpc) is 2.67. The van der Waals surface area contributed by atoms with E-state index in [9.17, 15) is 9.59 Å². The number of methoxy groups -OCH3 is 1. The summed E-state index contributed by atoms with van der Waals surface area (Å²) in [5.41, 5.74) is 7.32. The molecule has 0 atom stereocenters. The lowest BCUT2D eigenvalue weighted by molar-refractivity contribution is -0.121. The van der Waals surface area contributed by atoms with Crippen molar-refractivity contribution in [2.45, 2.75) is 13.3 Å². The van der Waals surface area contributed by atoms with Crippen LogP contribution in [0.3, 0.4) is 0 Å². The van der Waals surface area contributed by atoms with Gasteiger partial charge in [-0.05, 0) is 42.8 Å². The molecule has 6 nitrogen and oxygen atoms in total. The summed E-state index contributed by atoms with van der Waals surface area (Å²) in [6, 6.07) is 14.1. The van der Waals surface area contributed by atoms with Gasteiger partial charge in [0.2, 0.25) is 5.91 Å². The molecule has 27 heavy (non-hydrogen) atoms. The molecule has 0 radical (unpaired) electrons. The number of nitrogens with zero attached hydrogens (tertiary/aromatic N) is 1. The van der Waals surface area contributed by atoms with Gasteiger partial charge in [-0.15, -0.1) is 0 Å². The van der Waals surface area contributed by atoms with Crippen LogP contribution in [-0.2, 0) is 11.2 Å². The molecule has 0 saturated heterocycles. The summed E-state index contributed by atoms with van der Waals surface area (Å²) >= 11 is 5.82. The molecule has 0 spiro atoms. The molecule has 1 heterocycles. The second-order valence-corrected chi connectivity index (χ2v) is 6.42. The van der Waals surface area contributed by atoms with Crippen molar-refractivity contribution < 1.29 is 14.3 Å². The quantitative estimate of drug-likeness (QED) is 0.678. The number of ether oxygens (including phenoxy) is 1. The van der Waals surface area contributed by atoms with Crippen LogP contribution >= 0.6 is 11.6 Å². The summed E-state index contributed by atoms with van der Waals surface area (Å²) in [5, 5.41) is 1.41. The van der Waals surface area contributed by atoms with Gasteiger partial charge < -0.3 is 4.74 Å². The molecule has 0 bridgehead atoms. The number of carbonyl (C=O) groups is 2. The minimum Gasteiger partial charge on any atom is -0.497 e. The predicted molar refractivity (Wildman–Crippen MR) is 104 cm³/mol. The number of carbonyl (C=O) groups excluding carboxylic acids is 2. The van der Waals surface area contributed by atoms with E-state index < -0.39 is 5.91 Å². The number of fused-ring (bicyclic) bond motifs is 1. The molecule has 0 aliphatic carbocycles. The summed E-state index contributed by atoms with van der Waals surface area (Å²) in [4.78, 5) is 28.9. The molecule has 0 aliphatic heterocycles. The maximum Gasteiger partial charge on any atom is 0.271 e. The van der Waals surface area contributed by atoms with Crippen molar-refractivity contribution >= 4 is 34.3 Å². The highest BCUT2D eigenvalue weighted by Gasteiger charge is 2.13. The van der Waals surface area contributed by atoms with Gasteiger partial charge in [-0.25, -0.2) is 0 Å². The number of hydrogen-bond donors (Lipinski definition) is 2. The first kappa shape index (κ1) is 18.7. The number of hydrogen-bond acceptors (Lipinski definition) is 4. The van der Waals surface area contributed by atoms with Gasteiger partial charge in [0.1, 0.15) is 5.75 Å². The van der Waals surface area contributed by atoms with Crippen molar-refractivity contribution in [2.75, 3.05) is 7.11 Å². The number of rotatable bonds is 4. The van der Waals surface area contributed by atoms with E-state index in [1.807, 2.05) is 6.07 Å². The van der Waals surface area contributed by atoms with E-state index in [1.165, 1.54) is 0 Å². The predicted octanol–water partition coefficient (Wildman–Crippen LogP) is 3.21. The Labute approximate surface area is 161 Å². The van der Waals surface area contributed by atoms with Gasteiger partial charge >= 0.3 is 0 Å². The zero-order chi connectivity index (χ0) is 19.4. The average molecular weight is 384 g/mol. The first-order valence-corrected chi connectivity index (χ1v) is 8.63. The van der Waals surface area contributed by atoms with Gasteiger partial charge in [0.15, 0.2) is 0 Å². The van der Waals surface area contributed by atoms with E-state index in [2.05, 4.69) is 15.8 Å². The monoisotopic (exact) mass is 383 g/mol. The van der Waals surface area contributed by atoms with Crippen LogP contribution in [0, 0.1) is 6.92 Å². The number of halogens is 1. The zero-order valence-corrected chi connectivity index (χ0v) is 15.6. The Hall–Kier alpha value is -3.12. The third-order valence-corrected chi connectivity index (χ3v) is 4.31. The SMILES string of the molecule is COc1ccc2cc(C(=O)NNC(=O)Cc3ccc(Cl)cc3)c(C)nc2c1. The smallest absolute Gasteiger partial charge is 0.271 e. The number of amides is 2. The van der Waals surface area contributed by atoms with Crippen molar-refractivity contribution in [3.05, 3.63) is 70.4 Å². The van der Waals surface area contributed by atoms with Gasteiger partial charge in [0.05, 0.1) is 30.3 Å². The van der Waals surface area contributed by atoms with Crippen molar-refractivity contribution in [1.82, 2.24) is 15.8 Å². The Morgan fingerprint density at radius 1 is 1.07 bits per heavy atom. The van der Waals surface area contributed by atoms with Crippen LogP contribution in [-0.4, -0.2) is 23.9 Å². The van der Waals surface area contributed by atoms with E-state index in [0.717, 1.165) is 16.5 Å². The van der Waals surface area contributed by atoms with Crippen molar-refractivity contribution in [3.63, 3.8) is 0 Å². The van der Waals surface area contributed by atoms with E-state index in [4.69, 9.17) is 16.3 Å². The molecule has 0 unspecified atom stereocenters. The first-order chi connectivity index (χ1) is 13.0. The van der Waals surface area contributed by atoms with Crippen molar-refractivity contribution in [2.24, 2.45) is 0 Å². The van der Waals surface area contributed by atoms with Crippen LogP contribution in [0.15, 0.2) is 48.5 Å². The third-order valence-electron chi connectivity index (χ3n) is 4.05. The number of aryl methyl sites for hydroxylation is 1. The molecular weight excluding hydrogens is 366 g/mol. The normalized spacial score (nSPS) is 10.5. The van der Waals surface area contributed by atoms with Crippen LogP contribution in [0.5, 0.6) is 5.75 Å². The largest absolute Gasteiger partial charge is 0.497 e. The van der Waals surface area contributed by atoms with Crippen LogP contribution < -0.4 is 15.6 Å². The third kappa shape index (κ3) is 4.54. The number of hydrazine groups is 1. The lowest BCUT2D eigenvalue weighted by Crippen LogP contribution is -2.42. The van der Waals surface area contributed by atoms with E-state index in [-0.39, 0.29) is 12.3 Å². The van der Waals surface area contributed by atoms with Gasteiger partial charge in [-0.3, -0.25) is 25.4 Å². The van der Waals surface area contributed by atoms with E-state index in [0.29, 0.717) is 22.0 Å². The van der Waals surface area contributed by atoms with Crippen molar-refractivity contribution in [3.8, 4) is 5.75 Å². The standard InChI is InChI=1S/C20H18ClN3O3/c1-12-17(10-14-5-8-16(27-2)11-18(14)22-12)20(26)24-23-19(25)9-13-3-6-15(21)7-4-13/h3-8,10-11H,9H2,1-2H3,(H,23,25)(H,24,26). The lowest BCUT2D eigenvalue weighted by Gasteiger charge is -2.10. The Bertz CT molecular complexity index is 1000. The number of nitrogens with one attached hydrogen (secondary N) is 2. The molecule has 138 valence electrons. The number of aromatic nitrogens is 1. The summed E-state index contributed by atoms with van der Waals surface area (Å²) in [7, 11) is 1.59. The van der Waals surface area contributed by atoms with Crippen LogP contribution in [0.2, 0.25) is 5.02 Å². The van der Waals surface area contributed by atoms with Crippen LogP contribution in [0.1, 0.15) is 21.6 Å².